The lowest BCUT2D eigenvalue weighted by Crippen LogP contribution is -2.54. The van der Waals surface area contributed by atoms with Gasteiger partial charge in [-0.05, 0) is 25.3 Å². The molecule has 4 nitrogen and oxygen atoms in total. The van der Waals surface area contributed by atoms with Crippen LogP contribution in [-0.4, -0.2) is 45.9 Å². The first-order chi connectivity index (χ1) is 11.1. The van der Waals surface area contributed by atoms with Gasteiger partial charge in [0.1, 0.15) is 5.01 Å². The van der Waals surface area contributed by atoms with Crippen molar-refractivity contribution in [2.75, 3.05) is 19.7 Å². The molecule has 5 heteroatoms. The fourth-order valence-electron chi connectivity index (χ4n) is 3.43. The van der Waals surface area contributed by atoms with Crippen molar-refractivity contribution in [3.05, 3.63) is 52.0 Å². The van der Waals surface area contributed by atoms with Gasteiger partial charge in [-0.15, -0.1) is 11.3 Å². The summed E-state index contributed by atoms with van der Waals surface area (Å²) in [5.74, 6) is 0. The Bertz CT molecular complexity index is 631. The largest absolute Gasteiger partial charge is 0.396 e. The Kier molecular flexibility index (Phi) is 5.11. The van der Waals surface area contributed by atoms with E-state index in [0.29, 0.717) is 19.4 Å². The van der Waals surface area contributed by atoms with Crippen LogP contribution in [0.5, 0.6) is 0 Å². The smallest absolute Gasteiger partial charge is 0.107 e. The van der Waals surface area contributed by atoms with Gasteiger partial charge in [0, 0.05) is 29.6 Å². The number of likely N-dealkylation sites (tertiary alicyclic amines) is 1. The molecule has 0 unspecified atom stereocenters. The molecule has 1 fully saturated rings. The summed E-state index contributed by atoms with van der Waals surface area (Å²) in [6, 6.07) is 10.1. The maximum absolute atomic E-state index is 10.6. The predicted molar refractivity (Wildman–Crippen MR) is 92.4 cm³/mol. The van der Waals surface area contributed by atoms with Gasteiger partial charge in [-0.1, -0.05) is 30.3 Å². The quantitative estimate of drug-likeness (QED) is 0.882. The van der Waals surface area contributed by atoms with E-state index in [1.54, 1.807) is 11.3 Å². The van der Waals surface area contributed by atoms with Gasteiger partial charge in [-0.3, -0.25) is 4.90 Å². The molecule has 0 bridgehead atoms. The number of aryl methyl sites for hydroxylation is 1. The topological polar surface area (TPSA) is 56.6 Å². The van der Waals surface area contributed by atoms with E-state index in [4.69, 9.17) is 0 Å². The van der Waals surface area contributed by atoms with Crippen molar-refractivity contribution in [3.8, 4) is 0 Å². The number of piperidine rings is 1. The SMILES string of the molecule is Cc1csc(CN2CC[C@H](O)[C@](CO)(Cc3ccccc3)C2)n1. The van der Waals surface area contributed by atoms with Crippen LogP contribution in [0.3, 0.4) is 0 Å². The second-order valence-corrected chi connectivity index (χ2v) is 7.52. The Labute approximate surface area is 141 Å². The second-order valence-electron chi connectivity index (χ2n) is 6.58. The normalized spacial score (nSPS) is 25.6. The van der Waals surface area contributed by atoms with Gasteiger partial charge in [0.25, 0.3) is 0 Å². The molecule has 0 spiro atoms. The second kappa shape index (κ2) is 7.09. The summed E-state index contributed by atoms with van der Waals surface area (Å²) < 4.78 is 0. The van der Waals surface area contributed by atoms with E-state index in [9.17, 15) is 10.2 Å². The zero-order chi connectivity index (χ0) is 16.3. The Balaban J connectivity index is 1.74. The van der Waals surface area contributed by atoms with Crippen molar-refractivity contribution in [1.82, 2.24) is 9.88 Å². The van der Waals surface area contributed by atoms with Crippen LogP contribution in [0, 0.1) is 12.3 Å². The first kappa shape index (κ1) is 16.6. The molecule has 0 saturated carbocycles. The van der Waals surface area contributed by atoms with Crippen molar-refractivity contribution >= 4 is 11.3 Å². The summed E-state index contributed by atoms with van der Waals surface area (Å²) in [6.07, 6.45) is 0.915. The van der Waals surface area contributed by atoms with E-state index in [1.807, 2.05) is 25.1 Å². The zero-order valence-electron chi connectivity index (χ0n) is 13.5. The van der Waals surface area contributed by atoms with E-state index in [0.717, 1.165) is 29.4 Å². The number of aliphatic hydroxyl groups excluding tert-OH is 2. The lowest BCUT2D eigenvalue weighted by atomic mass is 9.73. The highest BCUT2D eigenvalue weighted by Crippen LogP contribution is 2.34. The molecule has 1 aliphatic rings. The summed E-state index contributed by atoms with van der Waals surface area (Å²) >= 11 is 1.68. The van der Waals surface area contributed by atoms with E-state index in [-0.39, 0.29) is 6.61 Å². The van der Waals surface area contributed by atoms with E-state index >= 15 is 0 Å². The first-order valence-electron chi connectivity index (χ1n) is 8.07. The fourth-order valence-corrected chi connectivity index (χ4v) is 4.24. The third kappa shape index (κ3) is 3.80. The van der Waals surface area contributed by atoms with Gasteiger partial charge < -0.3 is 10.2 Å². The maximum atomic E-state index is 10.6. The number of rotatable bonds is 5. The third-order valence-corrected chi connectivity index (χ3v) is 5.65. The molecule has 0 aliphatic carbocycles. The van der Waals surface area contributed by atoms with Gasteiger partial charge in [-0.2, -0.15) is 0 Å². The highest BCUT2D eigenvalue weighted by Gasteiger charge is 2.42. The molecule has 1 aromatic heterocycles. The minimum atomic E-state index is -0.494. The molecule has 1 aliphatic heterocycles. The minimum Gasteiger partial charge on any atom is -0.396 e. The highest BCUT2D eigenvalue weighted by atomic mass is 32.1. The summed E-state index contributed by atoms with van der Waals surface area (Å²) in [4.78, 5) is 6.84. The highest BCUT2D eigenvalue weighted by molar-refractivity contribution is 7.09. The molecule has 1 aromatic carbocycles. The van der Waals surface area contributed by atoms with Gasteiger partial charge in [0.05, 0.1) is 19.3 Å². The molecule has 2 heterocycles. The van der Waals surface area contributed by atoms with Gasteiger partial charge in [-0.25, -0.2) is 4.98 Å². The standard InChI is InChI=1S/C18H24N2O2S/c1-14-11-23-17(19-14)10-20-8-7-16(22)18(12-20,13-21)9-15-5-3-2-4-6-15/h2-6,11,16,21-22H,7-10,12-13H2,1H3/t16-,18+/m0/s1. The predicted octanol–water partition coefficient (Wildman–Crippen LogP) is 2.24. The van der Waals surface area contributed by atoms with E-state index in [2.05, 4.69) is 27.4 Å². The van der Waals surface area contributed by atoms with Crippen LogP contribution in [0.15, 0.2) is 35.7 Å². The Morgan fingerprint density at radius 1 is 1.35 bits per heavy atom. The van der Waals surface area contributed by atoms with Crippen molar-refractivity contribution in [2.45, 2.75) is 32.4 Å². The zero-order valence-corrected chi connectivity index (χ0v) is 14.3. The van der Waals surface area contributed by atoms with Crippen LogP contribution in [0.25, 0.3) is 0 Å². The lowest BCUT2D eigenvalue weighted by Gasteiger charge is -2.45. The van der Waals surface area contributed by atoms with Crippen LogP contribution in [0.4, 0.5) is 0 Å². The van der Waals surface area contributed by atoms with E-state index in [1.165, 1.54) is 0 Å². The minimum absolute atomic E-state index is 0.00351. The number of nitrogens with zero attached hydrogens (tertiary/aromatic N) is 2. The van der Waals surface area contributed by atoms with E-state index < -0.39 is 11.5 Å². The fraction of sp³-hybridized carbons (Fsp3) is 0.500. The molecule has 0 radical (unpaired) electrons. The van der Waals surface area contributed by atoms with Crippen molar-refractivity contribution in [1.29, 1.82) is 0 Å². The van der Waals surface area contributed by atoms with Gasteiger partial charge >= 0.3 is 0 Å². The average molecular weight is 332 g/mol. The molecule has 23 heavy (non-hydrogen) atoms. The van der Waals surface area contributed by atoms with Crippen LogP contribution in [0.2, 0.25) is 0 Å². The number of benzene rings is 1. The molecular weight excluding hydrogens is 308 g/mol. The Hall–Kier alpha value is -1.27. The number of aromatic nitrogens is 1. The van der Waals surface area contributed by atoms with Crippen molar-refractivity contribution in [2.24, 2.45) is 5.41 Å². The monoisotopic (exact) mass is 332 g/mol. The summed E-state index contributed by atoms with van der Waals surface area (Å²) in [6.45, 7) is 4.33. The number of hydrogen-bond donors (Lipinski definition) is 2. The van der Waals surface area contributed by atoms with Gasteiger partial charge in [0.15, 0.2) is 0 Å². The third-order valence-electron chi connectivity index (χ3n) is 4.70. The summed E-state index contributed by atoms with van der Waals surface area (Å²) in [5.41, 5.74) is 1.72. The molecule has 2 atom stereocenters. The Morgan fingerprint density at radius 2 is 2.13 bits per heavy atom. The van der Waals surface area contributed by atoms with Crippen LogP contribution >= 0.6 is 11.3 Å². The lowest BCUT2D eigenvalue weighted by molar-refractivity contribution is -0.0768. The Morgan fingerprint density at radius 3 is 2.78 bits per heavy atom. The molecular formula is C18H24N2O2S. The number of thiazole rings is 1. The molecule has 1 saturated heterocycles. The van der Waals surface area contributed by atoms with Crippen molar-refractivity contribution in [3.63, 3.8) is 0 Å². The molecule has 2 N–H and O–H groups in total. The number of aliphatic hydroxyl groups is 2. The number of hydrogen-bond acceptors (Lipinski definition) is 5. The molecule has 3 rings (SSSR count). The van der Waals surface area contributed by atoms with Crippen molar-refractivity contribution < 1.29 is 10.2 Å². The van der Waals surface area contributed by atoms with Crippen LogP contribution in [-0.2, 0) is 13.0 Å². The molecule has 2 aromatic rings. The molecule has 124 valence electrons. The average Bonchev–Trinajstić information content (AvgIpc) is 2.96. The maximum Gasteiger partial charge on any atom is 0.107 e. The first-order valence-corrected chi connectivity index (χ1v) is 8.95. The van der Waals surface area contributed by atoms with Crippen LogP contribution in [0.1, 0.15) is 22.7 Å². The van der Waals surface area contributed by atoms with Gasteiger partial charge in [0.2, 0.25) is 0 Å². The summed E-state index contributed by atoms with van der Waals surface area (Å²) in [5, 5.41) is 23.8. The summed E-state index contributed by atoms with van der Waals surface area (Å²) in [7, 11) is 0. The van der Waals surface area contributed by atoms with Crippen LogP contribution < -0.4 is 0 Å². The molecule has 0 amide bonds.